The molecule has 1 atom stereocenters. The van der Waals surface area contributed by atoms with Gasteiger partial charge >= 0.3 is 0 Å². The molecule has 0 saturated heterocycles. The third kappa shape index (κ3) is 2.80. The van der Waals surface area contributed by atoms with Crippen LogP contribution in [0, 0.1) is 5.41 Å². The van der Waals surface area contributed by atoms with Crippen LogP contribution in [0.25, 0.3) is 11.3 Å². The van der Waals surface area contributed by atoms with Crippen molar-refractivity contribution in [3.8, 4) is 11.3 Å². The van der Waals surface area contributed by atoms with E-state index in [4.69, 9.17) is 0 Å². The summed E-state index contributed by atoms with van der Waals surface area (Å²) in [6.07, 6.45) is 5.61. The molecule has 1 aliphatic rings. The van der Waals surface area contributed by atoms with Crippen LogP contribution in [-0.2, 0) is 0 Å². The minimum Gasteiger partial charge on any atom is -0.382 e. The number of benzene rings is 1. The van der Waals surface area contributed by atoms with E-state index in [9.17, 15) is 0 Å². The van der Waals surface area contributed by atoms with Crippen LogP contribution in [0.15, 0.2) is 36.5 Å². The molecule has 1 aromatic carbocycles. The van der Waals surface area contributed by atoms with Crippen LogP contribution in [0.4, 0.5) is 5.69 Å². The van der Waals surface area contributed by atoms with Crippen LogP contribution < -0.4 is 5.32 Å². The molecular formula is C16H21N3. The average Bonchev–Trinajstić information content (AvgIpc) is 2.99. The lowest BCUT2D eigenvalue weighted by atomic mass is 9.92. The number of nitrogens with one attached hydrogen (secondary N) is 2. The Balaban J connectivity index is 1.74. The van der Waals surface area contributed by atoms with E-state index in [1.54, 1.807) is 6.20 Å². The lowest BCUT2D eigenvalue weighted by Gasteiger charge is -2.19. The second-order valence-electron chi connectivity index (χ2n) is 6.30. The van der Waals surface area contributed by atoms with Crippen molar-refractivity contribution >= 4 is 5.69 Å². The topological polar surface area (TPSA) is 40.7 Å². The van der Waals surface area contributed by atoms with Gasteiger partial charge in [0.05, 0.1) is 5.69 Å². The summed E-state index contributed by atoms with van der Waals surface area (Å²) in [4.78, 5) is 0. The van der Waals surface area contributed by atoms with E-state index in [2.05, 4.69) is 53.6 Å². The summed E-state index contributed by atoms with van der Waals surface area (Å²) >= 11 is 0. The Bertz CT molecular complexity index is 543. The maximum atomic E-state index is 4.01. The molecular weight excluding hydrogens is 234 g/mol. The van der Waals surface area contributed by atoms with Gasteiger partial charge in [0.15, 0.2) is 0 Å². The summed E-state index contributed by atoms with van der Waals surface area (Å²) in [5.41, 5.74) is 3.93. The van der Waals surface area contributed by atoms with Gasteiger partial charge in [-0.15, -0.1) is 0 Å². The molecule has 1 aromatic heterocycles. The zero-order chi connectivity index (χ0) is 13.3. The van der Waals surface area contributed by atoms with Gasteiger partial charge in [0.25, 0.3) is 0 Å². The molecule has 0 spiro atoms. The van der Waals surface area contributed by atoms with E-state index < -0.39 is 0 Å². The first kappa shape index (κ1) is 12.3. The molecule has 1 unspecified atom stereocenters. The molecule has 2 aromatic rings. The number of aromatic amines is 1. The van der Waals surface area contributed by atoms with E-state index >= 15 is 0 Å². The molecule has 1 saturated carbocycles. The second-order valence-corrected chi connectivity index (χ2v) is 6.30. The molecule has 1 heterocycles. The van der Waals surface area contributed by atoms with Gasteiger partial charge in [-0.25, -0.2) is 0 Å². The summed E-state index contributed by atoms with van der Waals surface area (Å²) in [5, 5.41) is 10.7. The minimum absolute atomic E-state index is 0.485. The van der Waals surface area contributed by atoms with Gasteiger partial charge in [0.1, 0.15) is 0 Å². The Morgan fingerprint density at radius 3 is 2.89 bits per heavy atom. The number of anilines is 1. The van der Waals surface area contributed by atoms with Crippen molar-refractivity contribution in [3.05, 3.63) is 36.5 Å². The molecule has 3 nitrogen and oxygen atoms in total. The summed E-state index contributed by atoms with van der Waals surface area (Å²) in [6, 6.07) is 11.1. The maximum Gasteiger partial charge on any atom is 0.0650 e. The second kappa shape index (κ2) is 4.72. The average molecular weight is 255 g/mol. The molecule has 0 aliphatic heterocycles. The molecule has 100 valence electrons. The quantitative estimate of drug-likeness (QED) is 0.868. The Labute approximate surface area is 114 Å². The monoisotopic (exact) mass is 255 g/mol. The van der Waals surface area contributed by atoms with Gasteiger partial charge < -0.3 is 5.32 Å². The Kier molecular flexibility index (Phi) is 3.05. The largest absolute Gasteiger partial charge is 0.382 e. The van der Waals surface area contributed by atoms with Gasteiger partial charge in [0, 0.05) is 23.5 Å². The normalized spacial score (nSPS) is 21.5. The molecule has 3 rings (SSSR count). The molecule has 0 amide bonds. The van der Waals surface area contributed by atoms with Crippen LogP contribution in [0.1, 0.15) is 33.1 Å². The SMILES string of the molecule is CC1(C)CCC(Nc2cccc(-c3ccn[nH]3)c2)C1. The lowest BCUT2D eigenvalue weighted by Crippen LogP contribution is -2.17. The highest BCUT2D eigenvalue weighted by molar-refractivity contribution is 5.64. The molecule has 0 bridgehead atoms. The first-order chi connectivity index (χ1) is 9.12. The van der Waals surface area contributed by atoms with Crippen LogP contribution in [0.2, 0.25) is 0 Å². The van der Waals surface area contributed by atoms with Gasteiger partial charge in [-0.2, -0.15) is 5.10 Å². The van der Waals surface area contributed by atoms with Gasteiger partial charge in [-0.05, 0) is 42.9 Å². The van der Waals surface area contributed by atoms with Crippen molar-refractivity contribution in [2.24, 2.45) is 5.41 Å². The standard InChI is InChI=1S/C16H21N3/c1-16(2)8-6-14(11-16)18-13-5-3-4-12(10-13)15-7-9-17-19-15/h3-5,7,9-10,14,18H,6,8,11H2,1-2H3,(H,17,19). The van der Waals surface area contributed by atoms with E-state index in [-0.39, 0.29) is 0 Å². The highest BCUT2D eigenvalue weighted by Gasteiger charge is 2.30. The number of rotatable bonds is 3. The summed E-state index contributed by atoms with van der Waals surface area (Å²) in [7, 11) is 0. The Morgan fingerprint density at radius 1 is 1.32 bits per heavy atom. The van der Waals surface area contributed by atoms with Gasteiger partial charge in [-0.1, -0.05) is 26.0 Å². The van der Waals surface area contributed by atoms with Crippen LogP contribution in [0.5, 0.6) is 0 Å². The van der Waals surface area contributed by atoms with Gasteiger partial charge in [0.2, 0.25) is 0 Å². The number of hydrogen-bond donors (Lipinski definition) is 2. The third-order valence-electron chi connectivity index (χ3n) is 4.01. The number of aromatic nitrogens is 2. The lowest BCUT2D eigenvalue weighted by molar-refractivity contribution is 0.378. The van der Waals surface area contributed by atoms with Crippen LogP contribution in [0.3, 0.4) is 0 Å². The van der Waals surface area contributed by atoms with Crippen molar-refractivity contribution < 1.29 is 0 Å². The van der Waals surface area contributed by atoms with E-state index in [0.717, 1.165) is 5.69 Å². The van der Waals surface area contributed by atoms with Crippen LogP contribution >= 0.6 is 0 Å². The highest BCUT2D eigenvalue weighted by atomic mass is 15.1. The minimum atomic E-state index is 0.485. The van der Waals surface area contributed by atoms with E-state index in [0.29, 0.717) is 11.5 Å². The van der Waals surface area contributed by atoms with Crippen LogP contribution in [-0.4, -0.2) is 16.2 Å². The molecule has 3 heteroatoms. The highest BCUT2D eigenvalue weighted by Crippen LogP contribution is 2.38. The van der Waals surface area contributed by atoms with Crippen molar-refractivity contribution in [1.82, 2.24) is 10.2 Å². The number of hydrogen-bond acceptors (Lipinski definition) is 2. The predicted molar refractivity (Wildman–Crippen MR) is 79.1 cm³/mol. The molecule has 1 aliphatic carbocycles. The summed E-state index contributed by atoms with van der Waals surface area (Å²) in [6.45, 7) is 4.71. The predicted octanol–water partition coefficient (Wildman–Crippen LogP) is 4.07. The summed E-state index contributed by atoms with van der Waals surface area (Å²) in [5.74, 6) is 0. The van der Waals surface area contributed by atoms with E-state index in [1.807, 2.05) is 6.07 Å². The zero-order valence-electron chi connectivity index (χ0n) is 11.6. The zero-order valence-corrected chi connectivity index (χ0v) is 11.6. The van der Waals surface area contributed by atoms with Crippen molar-refractivity contribution in [2.45, 2.75) is 39.2 Å². The third-order valence-corrected chi connectivity index (χ3v) is 4.01. The van der Waals surface area contributed by atoms with Gasteiger partial charge in [-0.3, -0.25) is 5.10 Å². The molecule has 2 N–H and O–H groups in total. The van der Waals surface area contributed by atoms with Crippen molar-refractivity contribution in [3.63, 3.8) is 0 Å². The fraction of sp³-hybridized carbons (Fsp3) is 0.438. The fourth-order valence-electron chi connectivity index (χ4n) is 2.99. The van der Waals surface area contributed by atoms with Crippen molar-refractivity contribution in [2.75, 3.05) is 5.32 Å². The van der Waals surface area contributed by atoms with Crippen molar-refractivity contribution in [1.29, 1.82) is 0 Å². The summed E-state index contributed by atoms with van der Waals surface area (Å²) < 4.78 is 0. The first-order valence-corrected chi connectivity index (χ1v) is 6.99. The smallest absolute Gasteiger partial charge is 0.0650 e. The number of nitrogens with zero attached hydrogens (tertiary/aromatic N) is 1. The molecule has 1 fully saturated rings. The van der Waals surface area contributed by atoms with E-state index in [1.165, 1.54) is 30.5 Å². The molecule has 19 heavy (non-hydrogen) atoms. The Morgan fingerprint density at radius 2 is 2.21 bits per heavy atom. The number of H-pyrrole nitrogens is 1. The first-order valence-electron chi connectivity index (χ1n) is 6.99. The fourth-order valence-corrected chi connectivity index (χ4v) is 2.99. The Hall–Kier alpha value is -1.77. The molecule has 0 radical (unpaired) electrons. The maximum absolute atomic E-state index is 4.01.